The average molecular weight is 298 g/mol. The topological polar surface area (TPSA) is 92.3 Å². The van der Waals surface area contributed by atoms with Gasteiger partial charge in [0, 0.05) is 19.9 Å². The van der Waals surface area contributed by atoms with Crippen LogP contribution in [-0.4, -0.2) is 26.8 Å². The van der Waals surface area contributed by atoms with Gasteiger partial charge in [-0.1, -0.05) is 6.07 Å². The highest BCUT2D eigenvalue weighted by atomic mass is 32.2. The number of nitrogens with one attached hydrogen (secondary N) is 2. The first kappa shape index (κ1) is 16.2. The smallest absolute Gasteiger partial charge is 0.264 e. The van der Waals surface area contributed by atoms with Gasteiger partial charge < -0.3 is 5.32 Å². The summed E-state index contributed by atoms with van der Waals surface area (Å²) in [4.78, 5) is 22.2. The van der Waals surface area contributed by atoms with E-state index in [2.05, 4.69) is 5.32 Å². The first-order chi connectivity index (χ1) is 9.22. The summed E-state index contributed by atoms with van der Waals surface area (Å²) in [5, 5.41) is 2.42. The van der Waals surface area contributed by atoms with Crippen molar-refractivity contribution in [3.63, 3.8) is 0 Å². The highest BCUT2D eigenvalue weighted by Crippen LogP contribution is 2.14. The highest BCUT2D eigenvalue weighted by molar-refractivity contribution is 7.90. The van der Waals surface area contributed by atoms with Crippen LogP contribution in [0.25, 0.3) is 0 Å². The Morgan fingerprint density at radius 1 is 1.15 bits per heavy atom. The van der Waals surface area contributed by atoms with E-state index in [1.165, 1.54) is 19.1 Å². The Balaban J connectivity index is 2.72. The number of sulfonamides is 1. The zero-order valence-corrected chi connectivity index (χ0v) is 12.5. The largest absolute Gasteiger partial charge is 0.356 e. The van der Waals surface area contributed by atoms with Gasteiger partial charge in [0.05, 0.1) is 4.90 Å². The van der Waals surface area contributed by atoms with E-state index in [1.807, 2.05) is 11.6 Å². The van der Waals surface area contributed by atoms with Crippen LogP contribution >= 0.6 is 0 Å². The molecule has 2 N–H and O–H groups in total. The summed E-state index contributed by atoms with van der Waals surface area (Å²) in [6.45, 7) is 5.10. The van der Waals surface area contributed by atoms with Crippen molar-refractivity contribution in [3.8, 4) is 0 Å². The molecule has 6 nitrogen and oxygen atoms in total. The number of hydrogen-bond acceptors (Lipinski definition) is 4. The van der Waals surface area contributed by atoms with Gasteiger partial charge in [-0.3, -0.25) is 9.59 Å². The summed E-state index contributed by atoms with van der Waals surface area (Å²) in [6.07, 6.45) is -0.0936. The van der Waals surface area contributed by atoms with Crippen LogP contribution in [0.1, 0.15) is 24.5 Å². The third-order valence-electron chi connectivity index (χ3n) is 2.76. The van der Waals surface area contributed by atoms with Crippen LogP contribution < -0.4 is 10.0 Å². The molecule has 1 aromatic carbocycles. The first-order valence-electron chi connectivity index (χ1n) is 6.09. The molecule has 0 bridgehead atoms. The molecule has 0 aliphatic rings. The Labute approximate surface area is 118 Å². The summed E-state index contributed by atoms with van der Waals surface area (Å²) in [5.41, 5.74) is 1.81. The van der Waals surface area contributed by atoms with Gasteiger partial charge in [-0.25, -0.2) is 13.1 Å². The molecule has 0 atom stereocenters. The van der Waals surface area contributed by atoms with E-state index < -0.39 is 15.9 Å². The van der Waals surface area contributed by atoms with Crippen LogP contribution in [0.4, 0.5) is 0 Å². The normalized spacial score (nSPS) is 10.9. The number of rotatable bonds is 5. The van der Waals surface area contributed by atoms with Crippen molar-refractivity contribution >= 4 is 21.8 Å². The van der Waals surface area contributed by atoms with Gasteiger partial charge >= 0.3 is 0 Å². The fourth-order valence-corrected chi connectivity index (χ4v) is 2.59. The number of carbonyl (C=O) groups is 2. The standard InChI is InChI=1S/C13H18N2O4S/c1-9-4-5-12(8-10(9)2)20(18,19)15-13(17)6-7-14-11(3)16/h4-5,8H,6-7H2,1-3H3,(H,14,16)(H,15,17). The van der Waals surface area contributed by atoms with Gasteiger partial charge in [0.1, 0.15) is 0 Å². The lowest BCUT2D eigenvalue weighted by molar-refractivity contribution is -0.120. The number of carbonyl (C=O) groups excluding carboxylic acids is 2. The molecule has 0 aromatic heterocycles. The number of benzene rings is 1. The molecule has 20 heavy (non-hydrogen) atoms. The van der Waals surface area contributed by atoms with Crippen molar-refractivity contribution < 1.29 is 18.0 Å². The molecule has 1 aromatic rings. The maximum absolute atomic E-state index is 12.0. The molecule has 0 aliphatic heterocycles. The van der Waals surface area contributed by atoms with Crippen LogP contribution in [-0.2, 0) is 19.6 Å². The van der Waals surface area contributed by atoms with E-state index in [9.17, 15) is 18.0 Å². The average Bonchev–Trinajstić information content (AvgIpc) is 2.31. The van der Waals surface area contributed by atoms with E-state index in [0.717, 1.165) is 11.1 Å². The zero-order valence-electron chi connectivity index (χ0n) is 11.7. The van der Waals surface area contributed by atoms with Crippen LogP contribution in [0.5, 0.6) is 0 Å². The highest BCUT2D eigenvalue weighted by Gasteiger charge is 2.17. The molecule has 7 heteroatoms. The van der Waals surface area contributed by atoms with Crippen LogP contribution in [0, 0.1) is 13.8 Å². The lowest BCUT2D eigenvalue weighted by atomic mass is 10.1. The van der Waals surface area contributed by atoms with E-state index >= 15 is 0 Å². The number of amides is 2. The summed E-state index contributed by atoms with van der Waals surface area (Å²) in [5.74, 6) is -0.924. The molecule has 0 saturated heterocycles. The molecule has 2 amide bonds. The predicted molar refractivity (Wildman–Crippen MR) is 74.5 cm³/mol. The van der Waals surface area contributed by atoms with E-state index in [0.29, 0.717) is 0 Å². The minimum absolute atomic E-state index is 0.0495. The van der Waals surface area contributed by atoms with Crippen molar-refractivity contribution in [2.24, 2.45) is 0 Å². The second kappa shape index (κ2) is 6.51. The predicted octanol–water partition coefficient (Wildman–Crippen LogP) is 0.635. The Kier molecular flexibility index (Phi) is 5.26. The van der Waals surface area contributed by atoms with Crippen LogP contribution in [0.15, 0.2) is 23.1 Å². The Bertz CT molecular complexity index is 623. The number of hydrogen-bond donors (Lipinski definition) is 2. The maximum Gasteiger partial charge on any atom is 0.264 e. The Morgan fingerprint density at radius 2 is 1.80 bits per heavy atom. The molecule has 0 unspecified atom stereocenters. The molecule has 0 saturated carbocycles. The molecule has 0 fully saturated rings. The van der Waals surface area contributed by atoms with Crippen molar-refractivity contribution in [1.82, 2.24) is 10.0 Å². The van der Waals surface area contributed by atoms with Crippen molar-refractivity contribution in [2.75, 3.05) is 6.54 Å². The molecule has 0 heterocycles. The second-order valence-corrected chi connectivity index (χ2v) is 6.19. The monoisotopic (exact) mass is 298 g/mol. The summed E-state index contributed by atoms with van der Waals surface area (Å²) < 4.78 is 25.9. The van der Waals surface area contributed by atoms with Crippen molar-refractivity contribution in [1.29, 1.82) is 0 Å². The fourth-order valence-electron chi connectivity index (χ4n) is 1.49. The minimum Gasteiger partial charge on any atom is -0.356 e. The Hall–Kier alpha value is -1.89. The molecule has 1 rings (SSSR count). The van der Waals surface area contributed by atoms with E-state index in [4.69, 9.17) is 0 Å². The van der Waals surface area contributed by atoms with Crippen LogP contribution in [0.2, 0.25) is 0 Å². The molecule has 0 aliphatic carbocycles. The molecule has 0 spiro atoms. The molecular weight excluding hydrogens is 280 g/mol. The van der Waals surface area contributed by atoms with Gasteiger partial charge in [-0.05, 0) is 37.1 Å². The first-order valence-corrected chi connectivity index (χ1v) is 7.58. The molecule has 110 valence electrons. The van der Waals surface area contributed by atoms with E-state index in [-0.39, 0.29) is 23.8 Å². The third kappa shape index (κ3) is 4.65. The van der Waals surface area contributed by atoms with Crippen molar-refractivity contribution in [3.05, 3.63) is 29.3 Å². The SMILES string of the molecule is CC(=O)NCCC(=O)NS(=O)(=O)c1ccc(C)c(C)c1. The van der Waals surface area contributed by atoms with Gasteiger partial charge in [-0.15, -0.1) is 0 Å². The molecular formula is C13H18N2O4S. The number of aryl methyl sites for hydroxylation is 2. The summed E-state index contributed by atoms with van der Waals surface area (Å²) in [6, 6.07) is 4.65. The van der Waals surface area contributed by atoms with Gasteiger partial charge in [0.15, 0.2) is 0 Å². The van der Waals surface area contributed by atoms with Gasteiger partial charge in [-0.2, -0.15) is 0 Å². The minimum atomic E-state index is -3.86. The van der Waals surface area contributed by atoms with Crippen LogP contribution in [0.3, 0.4) is 0 Å². The second-order valence-electron chi connectivity index (χ2n) is 4.51. The summed E-state index contributed by atoms with van der Waals surface area (Å²) >= 11 is 0. The molecule has 0 radical (unpaired) electrons. The van der Waals surface area contributed by atoms with Crippen molar-refractivity contribution in [2.45, 2.75) is 32.1 Å². The van der Waals surface area contributed by atoms with Gasteiger partial charge in [0.25, 0.3) is 10.0 Å². The van der Waals surface area contributed by atoms with E-state index in [1.54, 1.807) is 13.0 Å². The quantitative estimate of drug-likeness (QED) is 0.834. The Morgan fingerprint density at radius 3 is 2.35 bits per heavy atom. The zero-order chi connectivity index (χ0) is 15.3. The summed E-state index contributed by atoms with van der Waals surface area (Å²) in [7, 11) is -3.86. The lowest BCUT2D eigenvalue weighted by Gasteiger charge is -2.09. The third-order valence-corrected chi connectivity index (χ3v) is 4.13. The van der Waals surface area contributed by atoms with Gasteiger partial charge in [0.2, 0.25) is 11.8 Å². The fraction of sp³-hybridized carbons (Fsp3) is 0.385. The maximum atomic E-state index is 12.0. The lowest BCUT2D eigenvalue weighted by Crippen LogP contribution is -2.33.